The zero-order chi connectivity index (χ0) is 15.8. The molecule has 0 bridgehead atoms. The van der Waals surface area contributed by atoms with Gasteiger partial charge in [0.2, 0.25) is 0 Å². The molecule has 0 radical (unpaired) electrons. The van der Waals surface area contributed by atoms with Gasteiger partial charge < -0.3 is 0 Å². The molecule has 0 aliphatic heterocycles. The number of aryl methyl sites for hydroxylation is 1. The number of rotatable bonds is 3. The van der Waals surface area contributed by atoms with Gasteiger partial charge in [0.1, 0.15) is 5.39 Å². The Morgan fingerprint density at radius 2 is 2.13 bits per heavy atom. The van der Waals surface area contributed by atoms with E-state index in [1.54, 1.807) is 23.1 Å². The Kier molecular flexibility index (Phi) is 3.68. The molecule has 3 aromatic heterocycles. The van der Waals surface area contributed by atoms with Crippen LogP contribution in [0.2, 0.25) is 0 Å². The Hall–Kier alpha value is -2.09. The molecular weight excluding hydrogens is 312 g/mol. The Balaban J connectivity index is 1.59. The van der Waals surface area contributed by atoms with Crippen molar-refractivity contribution in [3.8, 4) is 0 Å². The van der Waals surface area contributed by atoms with Crippen LogP contribution < -0.4 is 5.56 Å². The van der Waals surface area contributed by atoms with E-state index in [0.29, 0.717) is 23.5 Å². The van der Waals surface area contributed by atoms with Gasteiger partial charge in [-0.1, -0.05) is 24.5 Å². The van der Waals surface area contributed by atoms with E-state index >= 15 is 0 Å². The monoisotopic (exact) mass is 330 g/mol. The number of nitrogens with zero attached hydrogens (tertiary/aromatic N) is 6. The molecule has 1 aliphatic rings. The fourth-order valence-corrected chi connectivity index (χ4v) is 4.15. The second kappa shape index (κ2) is 5.84. The fraction of sp³-hybridized carbons (Fsp3) is 0.533. The fourth-order valence-electron chi connectivity index (χ4n) is 3.17. The van der Waals surface area contributed by atoms with Crippen LogP contribution in [-0.4, -0.2) is 29.8 Å². The van der Waals surface area contributed by atoms with E-state index in [2.05, 4.69) is 15.4 Å². The van der Waals surface area contributed by atoms with Gasteiger partial charge in [0.05, 0.1) is 23.4 Å². The third-order valence-electron chi connectivity index (χ3n) is 4.46. The van der Waals surface area contributed by atoms with Gasteiger partial charge >= 0.3 is 0 Å². The van der Waals surface area contributed by atoms with Crippen LogP contribution in [0.1, 0.15) is 48.7 Å². The maximum atomic E-state index is 12.4. The van der Waals surface area contributed by atoms with E-state index in [1.807, 2.05) is 5.38 Å². The Labute approximate surface area is 137 Å². The normalized spacial score (nSPS) is 16.2. The smallest absolute Gasteiger partial charge is 0.267 e. The molecule has 0 atom stereocenters. The first-order valence-corrected chi connectivity index (χ1v) is 8.80. The van der Waals surface area contributed by atoms with Gasteiger partial charge in [-0.25, -0.2) is 14.3 Å². The van der Waals surface area contributed by atoms with Crippen molar-refractivity contribution >= 4 is 22.4 Å². The molecule has 1 aliphatic carbocycles. The molecule has 0 unspecified atom stereocenters. The molecule has 0 aromatic carbocycles. The summed E-state index contributed by atoms with van der Waals surface area (Å²) in [6, 6.07) is 0. The van der Waals surface area contributed by atoms with Crippen molar-refractivity contribution in [1.82, 2.24) is 29.8 Å². The van der Waals surface area contributed by atoms with Crippen LogP contribution in [-0.2, 0) is 13.6 Å². The van der Waals surface area contributed by atoms with Crippen LogP contribution in [0.3, 0.4) is 0 Å². The molecular formula is C15H18N6OS. The topological polar surface area (TPSA) is 78.5 Å². The van der Waals surface area contributed by atoms with Gasteiger partial charge in [-0.3, -0.25) is 4.79 Å². The van der Waals surface area contributed by atoms with E-state index in [9.17, 15) is 4.79 Å². The van der Waals surface area contributed by atoms with Crippen LogP contribution in [0.5, 0.6) is 0 Å². The van der Waals surface area contributed by atoms with Crippen molar-refractivity contribution in [3.63, 3.8) is 0 Å². The van der Waals surface area contributed by atoms with Crippen molar-refractivity contribution in [2.75, 3.05) is 0 Å². The average molecular weight is 330 g/mol. The van der Waals surface area contributed by atoms with Crippen LogP contribution in [0.15, 0.2) is 16.4 Å². The van der Waals surface area contributed by atoms with Crippen molar-refractivity contribution in [2.24, 2.45) is 7.05 Å². The summed E-state index contributed by atoms with van der Waals surface area (Å²) in [7, 11) is 1.75. The van der Waals surface area contributed by atoms with Gasteiger partial charge in [0, 0.05) is 18.3 Å². The minimum atomic E-state index is -0.171. The molecule has 23 heavy (non-hydrogen) atoms. The van der Waals surface area contributed by atoms with Gasteiger partial charge in [-0.05, 0) is 12.8 Å². The molecule has 3 aromatic rings. The lowest BCUT2D eigenvalue weighted by Gasteiger charge is -2.18. The highest BCUT2D eigenvalue weighted by atomic mass is 32.1. The highest BCUT2D eigenvalue weighted by Gasteiger charge is 2.19. The van der Waals surface area contributed by atoms with Gasteiger partial charge in [0.25, 0.3) is 5.56 Å². The number of thiazole rings is 1. The summed E-state index contributed by atoms with van der Waals surface area (Å²) >= 11 is 1.70. The van der Waals surface area contributed by atoms with E-state index in [0.717, 1.165) is 5.69 Å². The van der Waals surface area contributed by atoms with Crippen LogP contribution >= 0.6 is 11.3 Å². The SMILES string of the molecule is Cn1ncc2c(=O)n(Cc3csc(C4CCCCC4)n3)nnc21. The van der Waals surface area contributed by atoms with Crippen LogP contribution in [0.25, 0.3) is 11.0 Å². The number of aromatic nitrogens is 6. The standard InChI is InChI=1S/C15H18N6OS/c1-20-13-12(7-16-20)15(22)21(19-18-13)8-11-9-23-14(17-11)10-5-3-2-4-6-10/h7,9-10H,2-6,8H2,1H3. The van der Waals surface area contributed by atoms with Gasteiger partial charge in [-0.2, -0.15) is 5.10 Å². The second-order valence-electron chi connectivity index (χ2n) is 6.07. The molecule has 0 amide bonds. The molecule has 7 nitrogen and oxygen atoms in total. The van der Waals surface area contributed by atoms with E-state index in [4.69, 9.17) is 4.98 Å². The van der Waals surface area contributed by atoms with E-state index in [-0.39, 0.29) is 5.56 Å². The molecule has 1 fully saturated rings. The van der Waals surface area contributed by atoms with Crippen LogP contribution in [0.4, 0.5) is 0 Å². The summed E-state index contributed by atoms with van der Waals surface area (Å²) in [6.45, 7) is 0.361. The second-order valence-corrected chi connectivity index (χ2v) is 6.96. The largest absolute Gasteiger partial charge is 0.281 e. The summed E-state index contributed by atoms with van der Waals surface area (Å²) in [6.07, 6.45) is 7.93. The lowest BCUT2D eigenvalue weighted by atomic mass is 9.90. The summed E-state index contributed by atoms with van der Waals surface area (Å²) in [5.41, 5.74) is 1.22. The minimum Gasteiger partial charge on any atom is -0.267 e. The number of hydrogen-bond donors (Lipinski definition) is 0. The average Bonchev–Trinajstić information content (AvgIpc) is 3.19. The first kappa shape index (κ1) is 14.5. The highest BCUT2D eigenvalue weighted by molar-refractivity contribution is 7.09. The quantitative estimate of drug-likeness (QED) is 0.734. The highest BCUT2D eigenvalue weighted by Crippen LogP contribution is 2.34. The lowest BCUT2D eigenvalue weighted by molar-refractivity contribution is 0.441. The Morgan fingerprint density at radius 3 is 2.96 bits per heavy atom. The minimum absolute atomic E-state index is 0.171. The van der Waals surface area contributed by atoms with Crippen molar-refractivity contribution in [3.05, 3.63) is 32.6 Å². The Bertz CT molecular complexity index is 889. The summed E-state index contributed by atoms with van der Waals surface area (Å²) < 4.78 is 2.92. The predicted octanol–water partition coefficient (Wildman–Crippen LogP) is 2.08. The van der Waals surface area contributed by atoms with Crippen molar-refractivity contribution in [1.29, 1.82) is 0 Å². The van der Waals surface area contributed by atoms with Crippen LogP contribution in [0, 0.1) is 0 Å². The van der Waals surface area contributed by atoms with Gasteiger partial charge in [0.15, 0.2) is 5.65 Å². The Morgan fingerprint density at radius 1 is 1.30 bits per heavy atom. The molecule has 3 heterocycles. The summed E-state index contributed by atoms with van der Waals surface area (Å²) in [5, 5.41) is 15.9. The van der Waals surface area contributed by atoms with Gasteiger partial charge in [-0.15, -0.1) is 16.4 Å². The molecule has 0 saturated heterocycles. The summed E-state index contributed by atoms with van der Waals surface area (Å²) in [5.74, 6) is 0.589. The lowest BCUT2D eigenvalue weighted by Crippen LogP contribution is -2.25. The zero-order valence-electron chi connectivity index (χ0n) is 13.0. The van der Waals surface area contributed by atoms with Crippen molar-refractivity contribution in [2.45, 2.75) is 44.6 Å². The summed E-state index contributed by atoms with van der Waals surface area (Å²) in [4.78, 5) is 17.2. The van der Waals surface area contributed by atoms with E-state index in [1.165, 1.54) is 48.0 Å². The third-order valence-corrected chi connectivity index (χ3v) is 5.51. The molecule has 4 rings (SSSR count). The molecule has 1 saturated carbocycles. The molecule has 0 N–H and O–H groups in total. The number of fused-ring (bicyclic) bond motifs is 1. The number of hydrogen-bond acceptors (Lipinski definition) is 6. The maximum Gasteiger partial charge on any atom is 0.281 e. The third kappa shape index (κ3) is 2.67. The first-order chi connectivity index (χ1) is 11.2. The zero-order valence-corrected chi connectivity index (χ0v) is 13.8. The van der Waals surface area contributed by atoms with E-state index < -0.39 is 0 Å². The predicted molar refractivity (Wildman–Crippen MR) is 87.6 cm³/mol. The molecule has 8 heteroatoms. The maximum absolute atomic E-state index is 12.4. The first-order valence-electron chi connectivity index (χ1n) is 7.92. The molecule has 0 spiro atoms. The molecule has 120 valence electrons. The van der Waals surface area contributed by atoms with Crippen molar-refractivity contribution < 1.29 is 0 Å².